The number of rotatable bonds is 0. The van der Waals surface area contributed by atoms with Gasteiger partial charge in [-0.25, -0.2) is 0 Å². The highest BCUT2D eigenvalue weighted by atomic mass is 16.5. The van der Waals surface area contributed by atoms with Crippen LogP contribution in [0.15, 0.2) is 12.2 Å². The molecule has 2 nitrogen and oxygen atoms in total. The molecule has 4 atom stereocenters. The molecule has 0 N–H and O–H groups in total. The smallest absolute Gasteiger partial charge is 0.311 e. The Kier molecular flexibility index (Phi) is 1.03. The number of ether oxygens (including phenoxy) is 1. The van der Waals surface area contributed by atoms with Crippen LogP contribution >= 0.6 is 0 Å². The fourth-order valence-electron chi connectivity index (χ4n) is 4.52. The van der Waals surface area contributed by atoms with Crippen LogP contribution < -0.4 is 0 Å². The molecule has 3 aliphatic carbocycles. The number of carbonyl (C=O) groups excluding carboxylic acids is 1. The molecule has 0 amide bonds. The number of fused-ring (bicyclic) bond motifs is 1. The molecular formula is C12H14O2. The van der Waals surface area contributed by atoms with E-state index < -0.39 is 0 Å². The zero-order valence-corrected chi connectivity index (χ0v) is 8.16. The molecule has 2 saturated carbocycles. The Hall–Kier alpha value is -0.790. The minimum atomic E-state index is 0.0909. The van der Waals surface area contributed by atoms with Crippen LogP contribution in [-0.4, -0.2) is 12.1 Å². The minimum Gasteiger partial charge on any atom is -0.458 e. The van der Waals surface area contributed by atoms with E-state index in [1.165, 1.54) is 25.7 Å². The van der Waals surface area contributed by atoms with Gasteiger partial charge in [0.15, 0.2) is 0 Å². The molecule has 2 bridgehead atoms. The number of hydrogen-bond acceptors (Lipinski definition) is 2. The number of esters is 1. The van der Waals surface area contributed by atoms with Crippen molar-refractivity contribution >= 4 is 5.97 Å². The zero-order chi connectivity index (χ0) is 9.39. The van der Waals surface area contributed by atoms with E-state index in [-0.39, 0.29) is 23.4 Å². The summed E-state index contributed by atoms with van der Waals surface area (Å²) in [7, 11) is 0. The molecule has 4 rings (SSSR count). The molecule has 1 spiro atoms. The number of allylic oxidation sites excluding steroid dienone is 1. The van der Waals surface area contributed by atoms with Crippen molar-refractivity contribution in [2.45, 2.75) is 38.2 Å². The van der Waals surface area contributed by atoms with E-state index in [4.69, 9.17) is 4.74 Å². The Morgan fingerprint density at radius 2 is 2.21 bits per heavy atom. The molecule has 0 aromatic carbocycles. The van der Waals surface area contributed by atoms with Crippen LogP contribution in [0.1, 0.15) is 32.1 Å². The van der Waals surface area contributed by atoms with Gasteiger partial charge in [-0.05, 0) is 30.8 Å². The summed E-state index contributed by atoms with van der Waals surface area (Å²) in [5, 5.41) is 0. The van der Waals surface area contributed by atoms with Crippen LogP contribution in [0.5, 0.6) is 0 Å². The molecule has 1 saturated heterocycles. The van der Waals surface area contributed by atoms with Crippen molar-refractivity contribution in [3.05, 3.63) is 12.2 Å². The fraction of sp³-hybridized carbons (Fsp3) is 0.750. The summed E-state index contributed by atoms with van der Waals surface area (Å²) in [6, 6.07) is 0. The first-order valence-corrected chi connectivity index (χ1v) is 5.68. The third kappa shape index (κ3) is 0.547. The molecule has 74 valence electrons. The van der Waals surface area contributed by atoms with E-state index >= 15 is 0 Å². The third-order valence-corrected chi connectivity index (χ3v) is 5.05. The Bertz CT molecular complexity index is 359. The van der Waals surface area contributed by atoms with Crippen molar-refractivity contribution < 1.29 is 9.53 Å². The van der Waals surface area contributed by atoms with Crippen molar-refractivity contribution in [2.24, 2.45) is 16.7 Å². The molecule has 3 fully saturated rings. The summed E-state index contributed by atoms with van der Waals surface area (Å²) in [5.74, 6) is 0.320. The van der Waals surface area contributed by atoms with E-state index in [0.29, 0.717) is 5.41 Å². The summed E-state index contributed by atoms with van der Waals surface area (Å²) in [6.45, 7) is 0. The maximum absolute atomic E-state index is 11.8. The second-order valence-corrected chi connectivity index (χ2v) is 5.38. The summed E-state index contributed by atoms with van der Waals surface area (Å²) in [5.41, 5.74) is 0.593. The van der Waals surface area contributed by atoms with Gasteiger partial charge in [0.1, 0.15) is 6.10 Å². The monoisotopic (exact) mass is 190 g/mol. The molecule has 14 heavy (non-hydrogen) atoms. The zero-order valence-electron chi connectivity index (χ0n) is 8.16. The molecule has 1 aliphatic heterocycles. The summed E-state index contributed by atoms with van der Waals surface area (Å²) >= 11 is 0. The van der Waals surface area contributed by atoms with Crippen LogP contribution in [0.2, 0.25) is 0 Å². The quantitative estimate of drug-likeness (QED) is 0.431. The maximum atomic E-state index is 11.8. The average molecular weight is 190 g/mol. The van der Waals surface area contributed by atoms with E-state index in [1.54, 1.807) is 0 Å². The molecular weight excluding hydrogens is 176 g/mol. The summed E-state index contributed by atoms with van der Waals surface area (Å²) in [6.07, 6.45) is 10.7. The first kappa shape index (κ1) is 7.49. The van der Waals surface area contributed by atoms with Crippen molar-refractivity contribution in [2.75, 3.05) is 0 Å². The van der Waals surface area contributed by atoms with Gasteiger partial charge in [-0.15, -0.1) is 0 Å². The SMILES string of the molecule is O=C1O[C@H]2C=C[C@]34CCCC[C@@]3(C2)[C@@H]14. The molecule has 2 heteroatoms. The van der Waals surface area contributed by atoms with Crippen molar-refractivity contribution in [3.8, 4) is 0 Å². The van der Waals surface area contributed by atoms with Gasteiger partial charge in [0.05, 0.1) is 5.92 Å². The maximum Gasteiger partial charge on any atom is 0.311 e. The van der Waals surface area contributed by atoms with E-state index in [0.717, 1.165) is 6.42 Å². The molecule has 1 heterocycles. The highest BCUT2D eigenvalue weighted by Crippen LogP contribution is 2.81. The highest BCUT2D eigenvalue weighted by molar-refractivity contribution is 5.82. The second kappa shape index (κ2) is 1.93. The summed E-state index contributed by atoms with van der Waals surface area (Å²) < 4.78 is 5.39. The van der Waals surface area contributed by atoms with Crippen LogP contribution in [-0.2, 0) is 9.53 Å². The van der Waals surface area contributed by atoms with Crippen LogP contribution in [0.3, 0.4) is 0 Å². The molecule has 4 aliphatic rings. The normalized spacial score (nSPS) is 57.6. The lowest BCUT2D eigenvalue weighted by molar-refractivity contribution is -0.154. The number of carbonyl (C=O) groups is 1. The van der Waals surface area contributed by atoms with Gasteiger partial charge in [0.25, 0.3) is 0 Å². The van der Waals surface area contributed by atoms with Gasteiger partial charge < -0.3 is 4.74 Å². The Morgan fingerprint density at radius 1 is 1.36 bits per heavy atom. The van der Waals surface area contributed by atoms with Crippen molar-refractivity contribution in [3.63, 3.8) is 0 Å². The van der Waals surface area contributed by atoms with Gasteiger partial charge >= 0.3 is 5.97 Å². The van der Waals surface area contributed by atoms with Crippen LogP contribution in [0, 0.1) is 16.7 Å². The Morgan fingerprint density at radius 3 is 3.14 bits per heavy atom. The van der Waals surface area contributed by atoms with Gasteiger partial charge in [-0.1, -0.05) is 18.9 Å². The molecule has 0 unspecified atom stereocenters. The Labute approximate surface area is 83.3 Å². The lowest BCUT2D eigenvalue weighted by Crippen LogP contribution is -2.32. The number of hydrogen-bond donors (Lipinski definition) is 0. The molecule has 0 aromatic rings. The fourth-order valence-corrected chi connectivity index (χ4v) is 4.52. The van der Waals surface area contributed by atoms with Gasteiger partial charge in [0, 0.05) is 5.41 Å². The highest BCUT2D eigenvalue weighted by Gasteiger charge is 2.81. The third-order valence-electron chi connectivity index (χ3n) is 5.05. The van der Waals surface area contributed by atoms with Crippen LogP contribution in [0.4, 0.5) is 0 Å². The Balaban J connectivity index is 1.90. The van der Waals surface area contributed by atoms with Crippen molar-refractivity contribution in [1.82, 2.24) is 0 Å². The molecule has 0 aromatic heterocycles. The topological polar surface area (TPSA) is 26.3 Å². The molecule has 0 radical (unpaired) electrons. The largest absolute Gasteiger partial charge is 0.458 e. The predicted octanol–water partition coefficient (Wildman–Crippen LogP) is 2.05. The lowest BCUT2D eigenvalue weighted by Gasteiger charge is -2.34. The average Bonchev–Trinajstić information content (AvgIpc) is 2.83. The van der Waals surface area contributed by atoms with Gasteiger partial charge in [0.2, 0.25) is 0 Å². The lowest BCUT2D eigenvalue weighted by atomic mass is 9.73. The minimum absolute atomic E-state index is 0.0909. The van der Waals surface area contributed by atoms with Gasteiger partial charge in [-0.3, -0.25) is 4.79 Å². The second-order valence-electron chi connectivity index (χ2n) is 5.38. The standard InChI is InChI=1S/C12H14O2/c13-10-9-11-4-1-2-5-12(9,11)7-8(14-10)3-6-11/h3,6,8-9H,1-2,4-5,7H2/t8-,9-,11-,12+/m0/s1. The predicted molar refractivity (Wildman–Crippen MR) is 50.5 cm³/mol. The van der Waals surface area contributed by atoms with Gasteiger partial charge in [-0.2, -0.15) is 0 Å². The van der Waals surface area contributed by atoms with E-state index in [9.17, 15) is 4.79 Å². The van der Waals surface area contributed by atoms with E-state index in [2.05, 4.69) is 12.2 Å². The first-order chi connectivity index (χ1) is 6.79. The van der Waals surface area contributed by atoms with E-state index in [1.807, 2.05) is 0 Å². The van der Waals surface area contributed by atoms with Crippen LogP contribution in [0.25, 0.3) is 0 Å². The van der Waals surface area contributed by atoms with Crippen molar-refractivity contribution in [1.29, 1.82) is 0 Å². The summed E-state index contributed by atoms with van der Waals surface area (Å²) in [4.78, 5) is 11.8. The first-order valence-electron chi connectivity index (χ1n) is 5.68.